The Kier molecular flexibility index (Phi) is 3.36. The second kappa shape index (κ2) is 4.33. The van der Waals surface area contributed by atoms with Crippen LogP contribution in [0.15, 0.2) is 24.3 Å². The molecular weight excluding hydrogens is 202 g/mol. The van der Waals surface area contributed by atoms with Crippen LogP contribution in [0, 0.1) is 0 Å². The minimum Gasteiger partial charge on any atom is -0.488 e. The molecule has 1 unspecified atom stereocenters. The zero-order valence-corrected chi connectivity index (χ0v) is 8.64. The molecule has 14 heavy (non-hydrogen) atoms. The molecule has 4 heteroatoms. The smallest absolute Gasteiger partial charge is 0.228 e. The topological polar surface area (TPSA) is 38.3 Å². The Bertz CT molecular complexity index is 341. The number of amides is 1. The Labute approximate surface area is 88.9 Å². The van der Waals surface area contributed by atoms with E-state index in [4.69, 9.17) is 4.74 Å². The van der Waals surface area contributed by atoms with Crippen molar-refractivity contribution in [2.45, 2.75) is 19.4 Å². The number of para-hydroxylation sites is 2. The highest BCUT2D eigenvalue weighted by Gasteiger charge is 2.17. The van der Waals surface area contributed by atoms with E-state index in [1.165, 1.54) is 0 Å². The molecule has 0 saturated carbocycles. The van der Waals surface area contributed by atoms with Crippen molar-refractivity contribution in [2.24, 2.45) is 0 Å². The lowest BCUT2D eigenvalue weighted by molar-refractivity contribution is -0.117. The maximum Gasteiger partial charge on any atom is 0.228 e. The van der Waals surface area contributed by atoms with E-state index in [1.807, 2.05) is 31.2 Å². The zero-order chi connectivity index (χ0) is 9.26. The maximum absolute atomic E-state index is 11.3. The molecule has 0 fully saturated rings. The fraction of sp³-hybridized carbons (Fsp3) is 0.300. The SMILES string of the molecule is CC1CC(=O)Nc2ccccc2O1.Cl. The Morgan fingerprint density at radius 1 is 1.43 bits per heavy atom. The second-order valence-electron chi connectivity index (χ2n) is 3.18. The highest BCUT2D eigenvalue weighted by atomic mass is 35.5. The van der Waals surface area contributed by atoms with Gasteiger partial charge in [0.15, 0.2) is 0 Å². The molecule has 1 amide bonds. The molecule has 1 aliphatic heterocycles. The summed E-state index contributed by atoms with van der Waals surface area (Å²) in [5, 5.41) is 2.79. The van der Waals surface area contributed by atoms with E-state index >= 15 is 0 Å². The molecule has 2 rings (SSSR count). The van der Waals surface area contributed by atoms with Gasteiger partial charge in [-0.1, -0.05) is 12.1 Å². The minimum absolute atomic E-state index is 0. The van der Waals surface area contributed by atoms with E-state index < -0.39 is 0 Å². The standard InChI is InChI=1S/C10H11NO2.ClH/c1-7-6-10(12)11-8-4-2-3-5-9(8)13-7;/h2-5,7H,6H2,1H3,(H,11,12);1H. The van der Waals surface area contributed by atoms with Gasteiger partial charge in [0.2, 0.25) is 5.91 Å². The molecule has 0 aromatic heterocycles. The van der Waals surface area contributed by atoms with Gasteiger partial charge in [0.25, 0.3) is 0 Å². The molecule has 0 radical (unpaired) electrons. The van der Waals surface area contributed by atoms with Gasteiger partial charge in [-0.15, -0.1) is 12.4 Å². The Hall–Kier alpha value is -1.22. The van der Waals surface area contributed by atoms with Crippen molar-refractivity contribution in [2.75, 3.05) is 5.32 Å². The van der Waals surface area contributed by atoms with Gasteiger partial charge in [0, 0.05) is 0 Å². The average molecular weight is 214 g/mol. The summed E-state index contributed by atoms with van der Waals surface area (Å²) in [5.41, 5.74) is 0.761. The minimum atomic E-state index is -0.0522. The molecule has 76 valence electrons. The quantitative estimate of drug-likeness (QED) is 0.718. The van der Waals surface area contributed by atoms with Crippen molar-refractivity contribution in [1.82, 2.24) is 0 Å². The van der Waals surface area contributed by atoms with E-state index in [1.54, 1.807) is 0 Å². The Morgan fingerprint density at radius 2 is 2.14 bits per heavy atom. The molecule has 3 nitrogen and oxygen atoms in total. The third-order valence-corrected chi connectivity index (χ3v) is 1.96. The van der Waals surface area contributed by atoms with Crippen LogP contribution >= 0.6 is 12.4 Å². The van der Waals surface area contributed by atoms with E-state index in [2.05, 4.69) is 5.32 Å². The number of nitrogens with one attached hydrogen (secondary N) is 1. The highest BCUT2D eigenvalue weighted by molar-refractivity contribution is 5.93. The zero-order valence-electron chi connectivity index (χ0n) is 7.82. The van der Waals surface area contributed by atoms with E-state index in [9.17, 15) is 4.79 Å². The number of benzene rings is 1. The van der Waals surface area contributed by atoms with Crippen LogP contribution in [0.25, 0.3) is 0 Å². The number of carbonyl (C=O) groups is 1. The predicted molar refractivity (Wildman–Crippen MR) is 57.0 cm³/mol. The Balaban J connectivity index is 0.000000980. The number of hydrogen-bond donors (Lipinski definition) is 1. The number of hydrogen-bond acceptors (Lipinski definition) is 2. The summed E-state index contributed by atoms with van der Waals surface area (Å²) >= 11 is 0. The van der Waals surface area contributed by atoms with Gasteiger partial charge in [0.05, 0.1) is 12.1 Å². The van der Waals surface area contributed by atoms with Crippen molar-refractivity contribution < 1.29 is 9.53 Å². The number of fused-ring (bicyclic) bond motifs is 1. The van der Waals surface area contributed by atoms with Crippen molar-refractivity contribution in [3.05, 3.63) is 24.3 Å². The van der Waals surface area contributed by atoms with Crippen molar-refractivity contribution >= 4 is 24.0 Å². The lowest BCUT2D eigenvalue weighted by atomic mass is 10.3. The van der Waals surface area contributed by atoms with E-state index in [0.717, 1.165) is 11.4 Å². The van der Waals surface area contributed by atoms with Crippen LogP contribution in [-0.2, 0) is 4.79 Å². The fourth-order valence-corrected chi connectivity index (χ4v) is 1.39. The molecule has 1 aromatic rings. The molecule has 0 saturated heterocycles. The number of halogens is 1. The largest absolute Gasteiger partial charge is 0.488 e. The van der Waals surface area contributed by atoms with E-state index in [-0.39, 0.29) is 24.4 Å². The summed E-state index contributed by atoms with van der Waals surface area (Å²) in [4.78, 5) is 11.3. The first-order valence-corrected chi connectivity index (χ1v) is 4.31. The van der Waals surface area contributed by atoms with Gasteiger partial charge in [0.1, 0.15) is 11.9 Å². The first-order valence-electron chi connectivity index (χ1n) is 4.31. The summed E-state index contributed by atoms with van der Waals surface area (Å²) in [6.07, 6.45) is 0.359. The second-order valence-corrected chi connectivity index (χ2v) is 3.18. The van der Waals surface area contributed by atoms with Crippen LogP contribution in [0.1, 0.15) is 13.3 Å². The summed E-state index contributed by atoms with van der Waals surface area (Å²) in [6.45, 7) is 1.89. The average Bonchev–Trinajstić information content (AvgIpc) is 2.20. The summed E-state index contributed by atoms with van der Waals surface area (Å²) < 4.78 is 5.54. The molecule has 1 aliphatic rings. The van der Waals surface area contributed by atoms with Crippen molar-refractivity contribution in [3.8, 4) is 5.75 Å². The van der Waals surface area contributed by atoms with Gasteiger partial charge in [-0.2, -0.15) is 0 Å². The maximum atomic E-state index is 11.3. The van der Waals surface area contributed by atoms with Gasteiger partial charge in [-0.3, -0.25) is 4.79 Å². The van der Waals surface area contributed by atoms with Crippen molar-refractivity contribution in [3.63, 3.8) is 0 Å². The van der Waals surface area contributed by atoms with Gasteiger partial charge < -0.3 is 10.1 Å². The van der Waals surface area contributed by atoms with Crippen LogP contribution in [0.3, 0.4) is 0 Å². The number of carbonyl (C=O) groups excluding carboxylic acids is 1. The number of ether oxygens (including phenoxy) is 1. The van der Waals surface area contributed by atoms with Crippen LogP contribution < -0.4 is 10.1 Å². The van der Waals surface area contributed by atoms with Crippen LogP contribution in [0.4, 0.5) is 5.69 Å². The third-order valence-electron chi connectivity index (χ3n) is 1.96. The van der Waals surface area contributed by atoms with Crippen LogP contribution in [0.5, 0.6) is 5.75 Å². The van der Waals surface area contributed by atoms with E-state index in [0.29, 0.717) is 6.42 Å². The Morgan fingerprint density at radius 3 is 2.93 bits per heavy atom. The lowest BCUT2D eigenvalue weighted by Crippen LogP contribution is -2.17. The van der Waals surface area contributed by atoms with Gasteiger partial charge in [-0.05, 0) is 19.1 Å². The third kappa shape index (κ3) is 2.17. The molecule has 0 spiro atoms. The van der Waals surface area contributed by atoms with Gasteiger partial charge >= 0.3 is 0 Å². The van der Waals surface area contributed by atoms with Crippen molar-refractivity contribution in [1.29, 1.82) is 0 Å². The number of anilines is 1. The molecule has 0 bridgehead atoms. The first-order chi connectivity index (χ1) is 6.25. The summed E-state index contributed by atoms with van der Waals surface area (Å²) in [7, 11) is 0. The van der Waals surface area contributed by atoms with Gasteiger partial charge in [-0.25, -0.2) is 0 Å². The molecule has 0 aliphatic carbocycles. The molecule has 1 N–H and O–H groups in total. The van der Waals surface area contributed by atoms with Crippen LogP contribution in [-0.4, -0.2) is 12.0 Å². The fourth-order valence-electron chi connectivity index (χ4n) is 1.39. The predicted octanol–water partition coefficient (Wildman–Crippen LogP) is 2.22. The molecular formula is C10H12ClNO2. The van der Waals surface area contributed by atoms with Crippen LogP contribution in [0.2, 0.25) is 0 Å². The summed E-state index contributed by atoms with van der Waals surface area (Å²) in [6, 6.07) is 7.46. The highest BCUT2D eigenvalue weighted by Crippen LogP contribution is 2.27. The molecule has 1 atom stereocenters. The first kappa shape index (κ1) is 10.9. The normalized spacial score (nSPS) is 19.5. The monoisotopic (exact) mass is 213 g/mol. The molecule has 1 heterocycles. The lowest BCUT2D eigenvalue weighted by Gasteiger charge is -2.10. The summed E-state index contributed by atoms with van der Waals surface area (Å²) in [5.74, 6) is 0.762. The molecule has 1 aromatic carbocycles. The number of rotatable bonds is 0.